The first-order chi connectivity index (χ1) is 11.0. The highest BCUT2D eigenvalue weighted by Gasteiger charge is 2.33. The maximum atomic E-state index is 14.5. The van der Waals surface area contributed by atoms with Crippen molar-refractivity contribution in [3.8, 4) is 0 Å². The molecule has 8 heteroatoms. The first kappa shape index (κ1) is 15.9. The summed E-state index contributed by atoms with van der Waals surface area (Å²) in [4.78, 5) is 16.8. The van der Waals surface area contributed by atoms with Gasteiger partial charge in [0.05, 0.1) is 12.2 Å². The van der Waals surface area contributed by atoms with Crippen LogP contribution in [0.5, 0.6) is 0 Å². The number of likely N-dealkylation sites (N-methyl/N-ethyl adjacent to an activating group) is 1. The zero-order chi connectivity index (χ0) is 16.6. The summed E-state index contributed by atoms with van der Waals surface area (Å²) >= 11 is 0. The number of anilines is 2. The highest BCUT2D eigenvalue weighted by molar-refractivity contribution is 5.90. The lowest BCUT2D eigenvalue weighted by Crippen LogP contribution is -2.45. The Bertz CT molecular complexity index is 582. The highest BCUT2D eigenvalue weighted by atomic mass is 19.1. The number of ether oxygens (including phenoxy) is 1. The Kier molecular flexibility index (Phi) is 4.36. The molecule has 0 unspecified atom stereocenters. The van der Waals surface area contributed by atoms with Gasteiger partial charge in [-0.3, -0.25) is 4.90 Å². The molecule has 0 aromatic heterocycles. The number of carbonyl (C=O) groups is 1. The molecule has 2 aliphatic heterocycles. The number of cyclic esters (lactones) is 1. The van der Waals surface area contributed by atoms with E-state index in [0.29, 0.717) is 13.1 Å². The Balaban J connectivity index is 1.84. The summed E-state index contributed by atoms with van der Waals surface area (Å²) in [6.45, 7) is 2.98. The number of hydrogen-bond donors (Lipinski definition) is 1. The van der Waals surface area contributed by atoms with E-state index >= 15 is 0 Å². The zero-order valence-electron chi connectivity index (χ0n) is 13.0. The fraction of sp³-hybridized carbons (Fsp3) is 0.533. The Morgan fingerprint density at radius 1 is 1.22 bits per heavy atom. The predicted molar refractivity (Wildman–Crippen MR) is 82.7 cm³/mol. The quantitative estimate of drug-likeness (QED) is 0.898. The molecule has 2 saturated heterocycles. The Morgan fingerprint density at radius 3 is 2.35 bits per heavy atom. The van der Waals surface area contributed by atoms with Gasteiger partial charge in [0.1, 0.15) is 11.8 Å². The van der Waals surface area contributed by atoms with E-state index in [1.165, 1.54) is 17.0 Å². The molecule has 0 aliphatic carbocycles. The second-order valence-electron chi connectivity index (χ2n) is 5.90. The van der Waals surface area contributed by atoms with Crippen molar-refractivity contribution in [1.82, 2.24) is 4.90 Å². The molecule has 1 atom stereocenters. The first-order valence-electron chi connectivity index (χ1n) is 7.60. The van der Waals surface area contributed by atoms with Gasteiger partial charge in [0.15, 0.2) is 11.6 Å². The molecule has 3 rings (SSSR count). The lowest BCUT2D eigenvalue weighted by atomic mass is 10.2. The predicted octanol–water partition coefficient (Wildman–Crippen LogP) is 1.00. The third-order valence-corrected chi connectivity index (χ3v) is 4.27. The maximum absolute atomic E-state index is 14.5. The summed E-state index contributed by atoms with van der Waals surface area (Å²) in [7, 11) is 1.97. The fourth-order valence-corrected chi connectivity index (χ4v) is 2.90. The number of nitrogens with zero attached hydrogens (tertiary/aromatic N) is 3. The van der Waals surface area contributed by atoms with Gasteiger partial charge in [-0.25, -0.2) is 13.6 Å². The van der Waals surface area contributed by atoms with Gasteiger partial charge in [-0.1, -0.05) is 0 Å². The van der Waals surface area contributed by atoms with Crippen LogP contribution in [0.2, 0.25) is 0 Å². The monoisotopic (exact) mass is 326 g/mol. The van der Waals surface area contributed by atoms with E-state index in [1.54, 1.807) is 4.90 Å². The van der Waals surface area contributed by atoms with E-state index in [9.17, 15) is 13.6 Å². The molecule has 6 nitrogen and oxygen atoms in total. The first-order valence-corrected chi connectivity index (χ1v) is 7.60. The van der Waals surface area contributed by atoms with Crippen molar-refractivity contribution in [2.45, 2.75) is 6.10 Å². The van der Waals surface area contributed by atoms with Crippen LogP contribution in [-0.2, 0) is 4.74 Å². The van der Waals surface area contributed by atoms with Crippen LogP contribution < -0.4 is 15.5 Å². The number of piperazine rings is 1. The van der Waals surface area contributed by atoms with Crippen molar-refractivity contribution in [2.75, 3.05) is 56.1 Å². The zero-order valence-corrected chi connectivity index (χ0v) is 13.0. The second kappa shape index (κ2) is 6.29. The summed E-state index contributed by atoms with van der Waals surface area (Å²) in [5, 5.41) is 0. The molecule has 1 aromatic rings. The number of hydrogen-bond acceptors (Lipinski definition) is 5. The molecule has 0 radical (unpaired) electrons. The van der Waals surface area contributed by atoms with Gasteiger partial charge in [-0.05, 0) is 7.05 Å². The molecule has 2 heterocycles. The van der Waals surface area contributed by atoms with Crippen molar-refractivity contribution in [1.29, 1.82) is 0 Å². The molecule has 2 N–H and O–H groups in total. The van der Waals surface area contributed by atoms with Crippen LogP contribution in [0.3, 0.4) is 0 Å². The van der Waals surface area contributed by atoms with Crippen molar-refractivity contribution in [3.05, 3.63) is 23.8 Å². The fourth-order valence-electron chi connectivity index (χ4n) is 2.90. The summed E-state index contributed by atoms with van der Waals surface area (Å²) in [6.07, 6.45) is -1.09. The van der Waals surface area contributed by atoms with Gasteiger partial charge >= 0.3 is 6.09 Å². The van der Waals surface area contributed by atoms with E-state index in [2.05, 4.69) is 4.90 Å². The summed E-state index contributed by atoms with van der Waals surface area (Å²) < 4.78 is 33.9. The molecule has 126 valence electrons. The second-order valence-corrected chi connectivity index (χ2v) is 5.90. The topological polar surface area (TPSA) is 62.0 Å². The van der Waals surface area contributed by atoms with Crippen molar-refractivity contribution in [3.63, 3.8) is 0 Å². The van der Waals surface area contributed by atoms with Crippen LogP contribution in [0.25, 0.3) is 0 Å². The van der Waals surface area contributed by atoms with Crippen molar-refractivity contribution >= 4 is 17.5 Å². The molecule has 1 aromatic carbocycles. The number of amides is 1. The van der Waals surface area contributed by atoms with Gasteiger partial charge < -0.3 is 20.3 Å². The number of halogens is 2. The number of nitrogens with two attached hydrogens (primary N) is 1. The molecular formula is C15H20F2N4O2. The lowest BCUT2D eigenvalue weighted by molar-refractivity contribution is 0.145. The van der Waals surface area contributed by atoms with Crippen LogP contribution in [-0.4, -0.2) is 63.4 Å². The standard InChI is InChI=1S/C15H20F2N4O2/c1-19-2-4-20(5-3-19)14-12(16)6-10(7-13(14)17)21-9-11(8-18)23-15(21)22/h6-7,11H,2-5,8-9,18H2,1H3/t11-/m0/s1. The van der Waals surface area contributed by atoms with E-state index in [0.717, 1.165) is 13.1 Å². The van der Waals surface area contributed by atoms with Gasteiger partial charge in [0.2, 0.25) is 0 Å². The van der Waals surface area contributed by atoms with Crippen molar-refractivity contribution < 1.29 is 18.3 Å². The van der Waals surface area contributed by atoms with E-state index in [-0.39, 0.29) is 24.5 Å². The Labute approximate surface area is 133 Å². The number of carbonyl (C=O) groups excluding carboxylic acids is 1. The van der Waals surface area contributed by atoms with Crippen molar-refractivity contribution in [2.24, 2.45) is 5.73 Å². The van der Waals surface area contributed by atoms with Gasteiger partial charge in [-0.2, -0.15) is 0 Å². The van der Waals surface area contributed by atoms with E-state index in [1.807, 2.05) is 7.05 Å². The van der Waals surface area contributed by atoms with Gasteiger partial charge in [0.25, 0.3) is 0 Å². The molecule has 0 bridgehead atoms. The average molecular weight is 326 g/mol. The normalized spacial score (nSPS) is 22.6. The minimum absolute atomic E-state index is 0.0372. The summed E-state index contributed by atoms with van der Waals surface area (Å²) in [6, 6.07) is 2.35. The molecule has 2 aliphatic rings. The summed E-state index contributed by atoms with van der Waals surface area (Å²) in [5.41, 5.74) is 5.58. The maximum Gasteiger partial charge on any atom is 0.414 e. The minimum atomic E-state index is -0.673. The van der Waals surface area contributed by atoms with Crippen LogP contribution in [0.4, 0.5) is 25.0 Å². The summed E-state index contributed by atoms with van der Waals surface area (Å²) in [5.74, 6) is -1.35. The molecule has 0 saturated carbocycles. The third kappa shape index (κ3) is 3.09. The van der Waals surface area contributed by atoms with Crippen LogP contribution >= 0.6 is 0 Å². The molecule has 23 heavy (non-hydrogen) atoms. The average Bonchev–Trinajstić information content (AvgIpc) is 2.89. The Hall–Kier alpha value is -1.93. The highest BCUT2D eigenvalue weighted by Crippen LogP contribution is 2.31. The molecular weight excluding hydrogens is 306 g/mol. The number of rotatable bonds is 3. The van der Waals surface area contributed by atoms with E-state index < -0.39 is 23.8 Å². The SMILES string of the molecule is CN1CCN(c2c(F)cc(N3C[C@H](CN)OC3=O)cc2F)CC1. The number of benzene rings is 1. The van der Waals surface area contributed by atoms with Crippen LogP contribution in [0.1, 0.15) is 0 Å². The Morgan fingerprint density at radius 2 is 1.83 bits per heavy atom. The minimum Gasteiger partial charge on any atom is -0.443 e. The molecule has 0 spiro atoms. The van der Waals surface area contributed by atoms with Crippen LogP contribution in [0.15, 0.2) is 12.1 Å². The third-order valence-electron chi connectivity index (χ3n) is 4.27. The largest absolute Gasteiger partial charge is 0.443 e. The lowest BCUT2D eigenvalue weighted by Gasteiger charge is -2.34. The van der Waals surface area contributed by atoms with E-state index in [4.69, 9.17) is 10.5 Å². The van der Waals surface area contributed by atoms with Gasteiger partial charge in [0, 0.05) is 44.9 Å². The molecule has 2 fully saturated rings. The molecule has 1 amide bonds. The smallest absolute Gasteiger partial charge is 0.414 e. The van der Waals surface area contributed by atoms with Gasteiger partial charge in [-0.15, -0.1) is 0 Å². The van der Waals surface area contributed by atoms with Crippen LogP contribution in [0, 0.1) is 11.6 Å².